The molecule has 1 saturated carbocycles. The number of pyridine rings is 1. The molecule has 1 atom stereocenters. The third-order valence-corrected chi connectivity index (χ3v) is 5.41. The predicted molar refractivity (Wildman–Crippen MR) is 111 cm³/mol. The second-order valence-electron chi connectivity index (χ2n) is 9.09. The fourth-order valence-electron chi connectivity index (χ4n) is 4.03. The second-order valence-corrected chi connectivity index (χ2v) is 9.09. The van der Waals surface area contributed by atoms with E-state index in [1.165, 1.54) is 38.5 Å². The molecule has 0 unspecified atom stereocenters. The van der Waals surface area contributed by atoms with Crippen LogP contribution in [0.25, 0.3) is 11.5 Å². The van der Waals surface area contributed by atoms with Crippen LogP contribution in [0.15, 0.2) is 28.9 Å². The minimum atomic E-state index is -0.502. The Hall–Kier alpha value is -2.24. The van der Waals surface area contributed by atoms with Gasteiger partial charge in [0.25, 0.3) is 0 Å². The van der Waals surface area contributed by atoms with Crippen molar-refractivity contribution in [3.63, 3.8) is 0 Å². The van der Waals surface area contributed by atoms with Crippen molar-refractivity contribution in [2.24, 2.45) is 5.92 Å². The summed E-state index contributed by atoms with van der Waals surface area (Å²) in [5.74, 6) is 1.43. The van der Waals surface area contributed by atoms with E-state index in [0.717, 1.165) is 18.8 Å². The quantitative estimate of drug-likeness (QED) is 0.530. The van der Waals surface area contributed by atoms with E-state index in [4.69, 9.17) is 9.26 Å². The fourth-order valence-corrected chi connectivity index (χ4v) is 4.03. The fraction of sp³-hybridized carbons (Fsp3) is 0.652. The Bertz CT molecular complexity index is 761. The highest BCUT2D eigenvalue weighted by Gasteiger charge is 2.26. The van der Waals surface area contributed by atoms with Crippen molar-refractivity contribution >= 4 is 5.97 Å². The van der Waals surface area contributed by atoms with Crippen LogP contribution in [-0.4, -0.2) is 26.7 Å². The van der Waals surface area contributed by atoms with Gasteiger partial charge in [-0.1, -0.05) is 56.2 Å². The number of hydrogen-bond donors (Lipinski definition) is 0. The molecule has 0 radical (unpaired) electrons. The topological polar surface area (TPSA) is 78.1 Å². The molecule has 0 amide bonds. The molecule has 158 valence electrons. The van der Waals surface area contributed by atoms with E-state index < -0.39 is 5.60 Å². The van der Waals surface area contributed by atoms with Gasteiger partial charge in [0, 0.05) is 12.1 Å². The van der Waals surface area contributed by atoms with Crippen LogP contribution in [-0.2, 0) is 9.53 Å². The van der Waals surface area contributed by atoms with Crippen LogP contribution < -0.4 is 0 Å². The van der Waals surface area contributed by atoms with E-state index in [2.05, 4.69) is 15.1 Å². The van der Waals surface area contributed by atoms with E-state index in [-0.39, 0.29) is 18.3 Å². The molecule has 1 aliphatic carbocycles. The number of ether oxygens (including phenoxy) is 1. The Balaban J connectivity index is 1.66. The molecule has 0 N–H and O–H groups in total. The van der Waals surface area contributed by atoms with Gasteiger partial charge in [-0.25, -0.2) is 0 Å². The lowest BCUT2D eigenvalue weighted by Crippen LogP contribution is -2.25. The maximum absolute atomic E-state index is 12.5. The zero-order chi connectivity index (χ0) is 20.7. The van der Waals surface area contributed by atoms with Crippen molar-refractivity contribution in [3.05, 3.63) is 30.3 Å². The van der Waals surface area contributed by atoms with Gasteiger partial charge in [0.2, 0.25) is 11.7 Å². The Labute approximate surface area is 173 Å². The summed E-state index contributed by atoms with van der Waals surface area (Å²) in [5.41, 5.74) is 0.165. The van der Waals surface area contributed by atoms with Gasteiger partial charge in [-0.05, 0) is 45.2 Å². The van der Waals surface area contributed by atoms with Crippen LogP contribution in [0.4, 0.5) is 0 Å². The minimum Gasteiger partial charge on any atom is -0.460 e. The molecule has 0 saturated heterocycles. The lowest BCUT2D eigenvalue weighted by molar-refractivity contribution is -0.155. The van der Waals surface area contributed by atoms with Gasteiger partial charge >= 0.3 is 5.97 Å². The van der Waals surface area contributed by atoms with Gasteiger partial charge < -0.3 is 9.26 Å². The molecule has 0 spiro atoms. The standard InChI is InChI=1S/C23H33N3O3/c1-23(2,3)28-20(27)16-18(13-9-12-17-10-5-4-6-11-17)22-25-21(26-29-22)19-14-7-8-15-24-19/h7-8,14-15,17-18H,4-6,9-13,16H2,1-3H3/t18-/m0/s1. The smallest absolute Gasteiger partial charge is 0.307 e. The Kier molecular flexibility index (Phi) is 7.40. The van der Waals surface area contributed by atoms with Crippen molar-refractivity contribution < 1.29 is 14.1 Å². The summed E-state index contributed by atoms with van der Waals surface area (Å²) < 4.78 is 11.1. The summed E-state index contributed by atoms with van der Waals surface area (Å²) in [6.07, 6.45) is 11.8. The van der Waals surface area contributed by atoms with E-state index in [0.29, 0.717) is 17.4 Å². The second kappa shape index (κ2) is 9.99. The summed E-state index contributed by atoms with van der Waals surface area (Å²) in [4.78, 5) is 21.3. The first-order valence-electron chi connectivity index (χ1n) is 10.9. The Morgan fingerprint density at radius 2 is 2.03 bits per heavy atom. The zero-order valence-electron chi connectivity index (χ0n) is 17.9. The average Bonchev–Trinajstić information content (AvgIpc) is 3.17. The molecule has 1 aliphatic rings. The van der Waals surface area contributed by atoms with E-state index >= 15 is 0 Å². The largest absolute Gasteiger partial charge is 0.460 e. The predicted octanol–water partition coefficient (Wildman–Crippen LogP) is 5.70. The van der Waals surface area contributed by atoms with Crippen LogP contribution in [0.5, 0.6) is 0 Å². The van der Waals surface area contributed by atoms with Gasteiger partial charge in [0.15, 0.2) is 0 Å². The molecular weight excluding hydrogens is 366 g/mol. The van der Waals surface area contributed by atoms with Crippen LogP contribution in [0.1, 0.15) is 90.4 Å². The first-order valence-corrected chi connectivity index (χ1v) is 10.9. The Morgan fingerprint density at radius 3 is 2.72 bits per heavy atom. The number of rotatable bonds is 8. The molecule has 0 aliphatic heterocycles. The highest BCUT2D eigenvalue weighted by Crippen LogP contribution is 2.32. The molecule has 2 heterocycles. The summed E-state index contributed by atoms with van der Waals surface area (Å²) >= 11 is 0. The Morgan fingerprint density at radius 1 is 1.24 bits per heavy atom. The van der Waals surface area contributed by atoms with E-state index in [9.17, 15) is 4.79 Å². The van der Waals surface area contributed by atoms with E-state index in [1.54, 1.807) is 6.20 Å². The minimum absolute atomic E-state index is 0.126. The highest BCUT2D eigenvalue weighted by molar-refractivity contribution is 5.70. The van der Waals surface area contributed by atoms with Crippen LogP contribution >= 0.6 is 0 Å². The average molecular weight is 400 g/mol. The number of carbonyl (C=O) groups is 1. The van der Waals surface area contributed by atoms with Crippen LogP contribution in [0.3, 0.4) is 0 Å². The maximum Gasteiger partial charge on any atom is 0.307 e. The normalized spacial score (nSPS) is 16.5. The number of nitrogens with zero attached hydrogens (tertiary/aromatic N) is 3. The molecule has 2 aromatic rings. The molecule has 6 heteroatoms. The molecule has 1 fully saturated rings. The zero-order valence-corrected chi connectivity index (χ0v) is 17.9. The van der Waals surface area contributed by atoms with Gasteiger partial charge in [0.05, 0.1) is 6.42 Å². The lowest BCUT2D eigenvalue weighted by atomic mass is 9.84. The van der Waals surface area contributed by atoms with E-state index in [1.807, 2.05) is 39.0 Å². The monoisotopic (exact) mass is 399 g/mol. The molecule has 29 heavy (non-hydrogen) atoms. The van der Waals surface area contributed by atoms with Crippen LogP contribution in [0, 0.1) is 5.92 Å². The first kappa shape index (κ1) is 21.5. The molecule has 0 aromatic carbocycles. The van der Waals surface area contributed by atoms with Crippen LogP contribution in [0.2, 0.25) is 0 Å². The summed E-state index contributed by atoms with van der Waals surface area (Å²) in [5, 5.41) is 4.09. The maximum atomic E-state index is 12.5. The summed E-state index contributed by atoms with van der Waals surface area (Å²) in [6, 6.07) is 5.59. The SMILES string of the molecule is CC(C)(C)OC(=O)C[C@H](CCCC1CCCCC1)c1nc(-c2ccccn2)no1. The molecule has 2 aromatic heterocycles. The van der Waals surface area contributed by atoms with Crippen molar-refractivity contribution in [1.82, 2.24) is 15.1 Å². The molecular formula is C23H33N3O3. The summed E-state index contributed by atoms with van der Waals surface area (Å²) in [7, 11) is 0. The number of hydrogen-bond acceptors (Lipinski definition) is 6. The van der Waals surface area contributed by atoms with Gasteiger partial charge in [-0.2, -0.15) is 4.98 Å². The molecule has 0 bridgehead atoms. The van der Waals surface area contributed by atoms with Gasteiger partial charge in [0.1, 0.15) is 11.3 Å². The molecule has 6 nitrogen and oxygen atoms in total. The lowest BCUT2D eigenvalue weighted by Gasteiger charge is -2.23. The molecule has 3 rings (SSSR count). The first-order chi connectivity index (χ1) is 13.9. The highest BCUT2D eigenvalue weighted by atomic mass is 16.6. The van der Waals surface area contributed by atoms with Gasteiger partial charge in [-0.15, -0.1) is 0 Å². The third-order valence-electron chi connectivity index (χ3n) is 5.41. The van der Waals surface area contributed by atoms with Crippen molar-refractivity contribution in [2.45, 2.75) is 90.1 Å². The van der Waals surface area contributed by atoms with Crippen molar-refractivity contribution in [3.8, 4) is 11.5 Å². The summed E-state index contributed by atoms with van der Waals surface area (Å²) in [6.45, 7) is 5.65. The number of carbonyl (C=O) groups excluding carboxylic acids is 1. The van der Waals surface area contributed by atoms with Crippen molar-refractivity contribution in [2.75, 3.05) is 0 Å². The van der Waals surface area contributed by atoms with Gasteiger partial charge in [-0.3, -0.25) is 9.78 Å². The number of esters is 1. The van der Waals surface area contributed by atoms with Crippen molar-refractivity contribution in [1.29, 1.82) is 0 Å². The number of aromatic nitrogens is 3. The third kappa shape index (κ3) is 6.94.